The molecule has 0 aliphatic carbocycles. The molecule has 0 unspecified atom stereocenters. The molecule has 0 fully saturated rings. The highest BCUT2D eigenvalue weighted by atomic mass is 28.5. The van der Waals surface area contributed by atoms with Crippen LogP contribution in [0, 0.1) is 0 Å². The molecule has 0 heterocycles. The Hall–Kier alpha value is 0.924. The van der Waals surface area contributed by atoms with Gasteiger partial charge >= 0.3 is 9.05 Å². The smallest absolute Gasteiger partial charge is 0.399 e. The monoisotopic (exact) mass is 342 g/mol. The molecule has 0 aromatic heterocycles. The van der Waals surface area contributed by atoms with E-state index in [4.69, 9.17) is 16.5 Å². The molecule has 9 heteroatoms. The van der Waals surface area contributed by atoms with Gasteiger partial charge in [-0.05, 0) is 58.9 Å². The molecule has 0 atom stereocenters. The minimum atomic E-state index is -2.87. The van der Waals surface area contributed by atoms with Gasteiger partial charge in [-0.2, -0.15) is 0 Å². The molecule has 0 aliphatic heterocycles. The summed E-state index contributed by atoms with van der Waals surface area (Å²) in [5.41, 5.74) is 0. The molecule has 0 saturated heterocycles. The zero-order chi connectivity index (χ0) is 14.6. The van der Waals surface area contributed by atoms with Crippen molar-refractivity contribution in [3.05, 3.63) is 0 Å². The van der Waals surface area contributed by atoms with Crippen LogP contribution in [-0.4, -0.2) is 44.5 Å². The Morgan fingerprint density at radius 2 is 0.889 bits per heavy atom. The van der Waals surface area contributed by atoms with E-state index in [0.29, 0.717) is 0 Å². The third kappa shape index (κ3) is 8.93. The first-order chi connectivity index (χ1) is 7.96. The number of rotatable bonds is 8. The molecular weight excluding hydrogens is 313 g/mol. The van der Waals surface area contributed by atoms with Gasteiger partial charge in [0.05, 0.1) is 0 Å². The first kappa shape index (κ1) is 18.9. The van der Waals surface area contributed by atoms with E-state index in [0.717, 1.165) is 0 Å². The van der Waals surface area contributed by atoms with Crippen molar-refractivity contribution in [3.8, 4) is 0 Å². The summed E-state index contributed by atoms with van der Waals surface area (Å²) in [7, 11) is -8.36. The van der Waals surface area contributed by atoms with E-state index in [-0.39, 0.29) is 0 Å². The molecule has 0 bridgehead atoms. The normalized spacial score (nSPS) is 14.0. The predicted molar refractivity (Wildman–Crippen MR) is 90.1 cm³/mol. The molecule has 0 aromatic rings. The van der Waals surface area contributed by atoms with Crippen LogP contribution in [0.3, 0.4) is 0 Å². The predicted octanol–water partition coefficient (Wildman–Crippen LogP) is 2.27. The molecule has 0 aliphatic rings. The van der Waals surface area contributed by atoms with Crippen molar-refractivity contribution in [3.63, 3.8) is 0 Å². The van der Waals surface area contributed by atoms with E-state index in [2.05, 4.69) is 58.9 Å². The Morgan fingerprint density at radius 1 is 0.611 bits per heavy atom. The first-order valence-corrected chi connectivity index (χ1v) is 20.1. The fourth-order valence-electron chi connectivity index (χ4n) is 1.40. The summed E-state index contributed by atoms with van der Waals surface area (Å²) in [4.78, 5) is 0. The summed E-state index contributed by atoms with van der Waals surface area (Å²) in [5, 5.41) is 0. The van der Waals surface area contributed by atoms with Crippen LogP contribution in [0.25, 0.3) is 0 Å². The van der Waals surface area contributed by atoms with Crippen LogP contribution < -0.4 is 0 Å². The molecule has 18 heavy (non-hydrogen) atoms. The van der Waals surface area contributed by atoms with Gasteiger partial charge in [0.15, 0.2) is 35.4 Å². The quantitative estimate of drug-likeness (QED) is 0.634. The second-order valence-corrected chi connectivity index (χ2v) is 21.4. The molecular formula is C9H30O4Si5. The maximum Gasteiger partial charge on any atom is 0.636 e. The SMILES string of the molecule is C[SiH](C)O[Si](O[SiH](C)C)(O[SiH](C)C)O[Si](C)(C)C. The zero-order valence-corrected chi connectivity index (χ0v) is 18.8. The summed E-state index contributed by atoms with van der Waals surface area (Å²) in [6.45, 7) is 19.4. The summed E-state index contributed by atoms with van der Waals surface area (Å²) in [6, 6.07) is 0. The van der Waals surface area contributed by atoms with Gasteiger partial charge in [-0.3, -0.25) is 0 Å². The van der Waals surface area contributed by atoms with Crippen LogP contribution in [0.2, 0.25) is 58.9 Å². The highest BCUT2D eigenvalue weighted by Gasteiger charge is 2.49. The van der Waals surface area contributed by atoms with Crippen molar-refractivity contribution in [2.24, 2.45) is 0 Å². The van der Waals surface area contributed by atoms with Gasteiger partial charge in [0.1, 0.15) is 0 Å². The van der Waals surface area contributed by atoms with Gasteiger partial charge in [-0.15, -0.1) is 0 Å². The van der Waals surface area contributed by atoms with E-state index >= 15 is 0 Å². The average Bonchev–Trinajstić information content (AvgIpc) is 1.92. The van der Waals surface area contributed by atoms with Crippen LogP contribution >= 0.6 is 0 Å². The molecule has 110 valence electrons. The Kier molecular flexibility index (Phi) is 8.03. The van der Waals surface area contributed by atoms with Gasteiger partial charge in [0.2, 0.25) is 0 Å². The Morgan fingerprint density at radius 3 is 1.06 bits per heavy atom. The molecule has 0 rings (SSSR count). The van der Waals surface area contributed by atoms with Crippen LogP contribution in [0.5, 0.6) is 0 Å². The second kappa shape index (κ2) is 7.64. The van der Waals surface area contributed by atoms with Gasteiger partial charge in [-0.25, -0.2) is 0 Å². The maximum atomic E-state index is 6.27. The van der Waals surface area contributed by atoms with E-state index in [1.807, 2.05) is 0 Å². The van der Waals surface area contributed by atoms with Crippen LogP contribution in [0.1, 0.15) is 0 Å². The van der Waals surface area contributed by atoms with Crippen LogP contribution in [0.4, 0.5) is 0 Å². The lowest BCUT2D eigenvalue weighted by atomic mass is 11.8. The second-order valence-electron chi connectivity index (χ2n) is 6.21. The maximum absolute atomic E-state index is 6.27. The van der Waals surface area contributed by atoms with Gasteiger partial charge in [0, 0.05) is 0 Å². The van der Waals surface area contributed by atoms with E-state index in [9.17, 15) is 0 Å². The fourth-order valence-corrected chi connectivity index (χ4v) is 15.4. The third-order valence-electron chi connectivity index (χ3n) is 1.57. The molecule has 0 amide bonds. The van der Waals surface area contributed by atoms with Crippen LogP contribution in [0.15, 0.2) is 0 Å². The average molecular weight is 343 g/mol. The molecule has 0 spiro atoms. The van der Waals surface area contributed by atoms with Crippen molar-refractivity contribution in [2.75, 3.05) is 0 Å². The Labute approximate surface area is 120 Å². The van der Waals surface area contributed by atoms with E-state index in [1.165, 1.54) is 0 Å². The molecule has 0 radical (unpaired) electrons. The molecule has 0 aromatic carbocycles. The topological polar surface area (TPSA) is 36.9 Å². The summed E-state index contributed by atoms with van der Waals surface area (Å²) >= 11 is 0. The number of hydrogen-bond donors (Lipinski definition) is 0. The summed E-state index contributed by atoms with van der Waals surface area (Å²) in [5.74, 6) is 0. The Balaban J connectivity index is 5.10. The minimum Gasteiger partial charge on any atom is -0.399 e. The summed E-state index contributed by atoms with van der Waals surface area (Å²) in [6.07, 6.45) is 0. The van der Waals surface area contributed by atoms with Crippen molar-refractivity contribution in [2.45, 2.75) is 58.9 Å². The number of hydrogen-bond acceptors (Lipinski definition) is 4. The van der Waals surface area contributed by atoms with Gasteiger partial charge in [-0.1, -0.05) is 0 Å². The lowest BCUT2D eigenvalue weighted by molar-refractivity contribution is 0.160. The lowest BCUT2D eigenvalue weighted by Crippen LogP contribution is -2.59. The zero-order valence-electron chi connectivity index (χ0n) is 13.4. The minimum absolute atomic E-state index is 1.25. The standard InChI is InChI=1S/C9H30O4Si5/c1-14(2)10-18(11-15(3)4,12-16(5)6)13-17(7,8)9/h14-16H,1-9H3. The summed E-state index contributed by atoms with van der Waals surface area (Å²) < 4.78 is 24.7. The van der Waals surface area contributed by atoms with Crippen molar-refractivity contribution in [1.82, 2.24) is 0 Å². The highest BCUT2D eigenvalue weighted by Crippen LogP contribution is 2.21. The lowest BCUT2D eigenvalue weighted by Gasteiger charge is -2.37. The van der Waals surface area contributed by atoms with Crippen LogP contribution in [-0.2, 0) is 16.5 Å². The first-order valence-electron chi connectivity index (χ1n) is 6.69. The third-order valence-corrected chi connectivity index (χ3v) is 14.1. The van der Waals surface area contributed by atoms with E-state index in [1.54, 1.807) is 0 Å². The molecule has 0 saturated carbocycles. The van der Waals surface area contributed by atoms with Crippen molar-refractivity contribution >= 4 is 44.5 Å². The van der Waals surface area contributed by atoms with Crippen molar-refractivity contribution in [1.29, 1.82) is 0 Å². The van der Waals surface area contributed by atoms with Crippen molar-refractivity contribution < 1.29 is 16.5 Å². The largest absolute Gasteiger partial charge is 0.636 e. The Bertz CT molecular complexity index is 215. The van der Waals surface area contributed by atoms with Gasteiger partial charge in [0.25, 0.3) is 0 Å². The molecule has 4 nitrogen and oxygen atoms in total. The van der Waals surface area contributed by atoms with E-state index < -0.39 is 44.5 Å². The fraction of sp³-hybridized carbons (Fsp3) is 1.00. The highest BCUT2D eigenvalue weighted by molar-refractivity contribution is 6.84. The molecule has 0 N–H and O–H groups in total. The van der Waals surface area contributed by atoms with Gasteiger partial charge < -0.3 is 16.5 Å².